The number of amides is 1. The highest BCUT2D eigenvalue weighted by Crippen LogP contribution is 2.33. The highest BCUT2D eigenvalue weighted by atomic mass is 16.5. The highest BCUT2D eigenvalue weighted by molar-refractivity contribution is 6.02. The highest BCUT2D eigenvalue weighted by Gasteiger charge is 2.14. The minimum Gasteiger partial charge on any atom is -0.493 e. The molecule has 1 aromatic rings. The van der Waals surface area contributed by atoms with Crippen LogP contribution in [-0.2, 0) is 9.53 Å². The lowest BCUT2D eigenvalue weighted by Gasteiger charge is -2.16. The monoisotopic (exact) mass is 332 g/mol. The van der Waals surface area contributed by atoms with Gasteiger partial charge in [0.15, 0.2) is 11.5 Å². The molecule has 0 aliphatic heterocycles. The Balaban J connectivity index is 3.03. The van der Waals surface area contributed by atoms with Gasteiger partial charge in [0, 0.05) is 25.8 Å². The van der Waals surface area contributed by atoms with Crippen LogP contribution in [0.4, 0.5) is 0 Å². The predicted molar refractivity (Wildman–Crippen MR) is 91.9 cm³/mol. The maximum Gasteiger partial charge on any atom is 0.261 e. The minimum absolute atomic E-state index is 0.00859. The van der Waals surface area contributed by atoms with E-state index in [0.29, 0.717) is 36.6 Å². The van der Waals surface area contributed by atoms with Crippen LogP contribution in [0.2, 0.25) is 0 Å². The number of hydrogen-bond donors (Lipinski definition) is 1. The number of methoxy groups -OCH3 is 2. The average molecular weight is 332 g/mol. The average Bonchev–Trinajstić information content (AvgIpc) is 2.57. The third-order valence-corrected chi connectivity index (χ3v) is 3.06. The first-order chi connectivity index (χ1) is 11.5. The number of para-hydroxylation sites is 1. The van der Waals surface area contributed by atoms with Gasteiger partial charge in [-0.2, -0.15) is 5.26 Å². The van der Waals surface area contributed by atoms with E-state index in [9.17, 15) is 10.1 Å². The molecule has 0 atom stereocenters. The van der Waals surface area contributed by atoms with Crippen LogP contribution in [0.1, 0.15) is 25.8 Å². The van der Waals surface area contributed by atoms with E-state index in [2.05, 4.69) is 5.32 Å². The third-order valence-electron chi connectivity index (χ3n) is 3.06. The normalized spacial score (nSPS) is 11.1. The lowest BCUT2D eigenvalue weighted by Crippen LogP contribution is -2.26. The Morgan fingerprint density at radius 1 is 1.38 bits per heavy atom. The van der Waals surface area contributed by atoms with Crippen LogP contribution in [-0.4, -0.2) is 39.4 Å². The van der Waals surface area contributed by atoms with E-state index in [1.807, 2.05) is 19.9 Å². The molecule has 6 nitrogen and oxygen atoms in total. The van der Waals surface area contributed by atoms with E-state index in [1.54, 1.807) is 32.4 Å². The second-order valence-electron chi connectivity index (χ2n) is 5.32. The first-order valence-corrected chi connectivity index (χ1v) is 7.76. The topological polar surface area (TPSA) is 80.6 Å². The Labute approximate surface area is 143 Å². The van der Waals surface area contributed by atoms with E-state index in [4.69, 9.17) is 14.2 Å². The first kappa shape index (κ1) is 19.5. The molecular formula is C18H24N2O4. The molecular weight excluding hydrogens is 308 g/mol. The molecule has 0 aromatic heterocycles. The van der Waals surface area contributed by atoms with Crippen molar-refractivity contribution in [1.29, 1.82) is 5.26 Å². The molecule has 1 N–H and O–H groups in total. The number of benzene rings is 1. The molecule has 6 heteroatoms. The molecule has 0 radical (unpaired) electrons. The first-order valence-electron chi connectivity index (χ1n) is 7.76. The summed E-state index contributed by atoms with van der Waals surface area (Å²) in [6, 6.07) is 7.26. The summed E-state index contributed by atoms with van der Waals surface area (Å²) in [5.74, 6) is 0.636. The molecule has 0 heterocycles. The summed E-state index contributed by atoms with van der Waals surface area (Å²) in [4.78, 5) is 12.1. The predicted octanol–water partition coefficient (Wildman–Crippen LogP) is 2.54. The molecule has 0 spiro atoms. The van der Waals surface area contributed by atoms with E-state index in [-0.39, 0.29) is 11.7 Å². The molecule has 1 aromatic carbocycles. The van der Waals surface area contributed by atoms with Gasteiger partial charge in [0.2, 0.25) is 0 Å². The largest absolute Gasteiger partial charge is 0.493 e. The molecule has 0 aliphatic rings. The van der Waals surface area contributed by atoms with Crippen LogP contribution in [0.25, 0.3) is 6.08 Å². The number of nitrogens with one attached hydrogen (secondary N) is 1. The van der Waals surface area contributed by atoms with E-state index in [1.165, 1.54) is 6.08 Å². The van der Waals surface area contributed by atoms with Crippen molar-refractivity contribution in [2.45, 2.75) is 26.4 Å². The lowest BCUT2D eigenvalue weighted by molar-refractivity contribution is -0.117. The summed E-state index contributed by atoms with van der Waals surface area (Å²) in [7, 11) is 3.14. The number of ether oxygens (including phenoxy) is 3. The summed E-state index contributed by atoms with van der Waals surface area (Å²) in [6.45, 7) is 4.79. The second-order valence-corrected chi connectivity index (χ2v) is 5.32. The molecule has 1 amide bonds. The van der Waals surface area contributed by atoms with Crippen molar-refractivity contribution < 1.29 is 19.0 Å². The van der Waals surface area contributed by atoms with Crippen LogP contribution in [0.3, 0.4) is 0 Å². The number of nitrogens with zero attached hydrogens (tertiary/aromatic N) is 1. The van der Waals surface area contributed by atoms with Gasteiger partial charge in [0.1, 0.15) is 11.6 Å². The van der Waals surface area contributed by atoms with E-state index >= 15 is 0 Å². The fourth-order valence-electron chi connectivity index (χ4n) is 1.99. The summed E-state index contributed by atoms with van der Waals surface area (Å²) < 4.78 is 16.0. The van der Waals surface area contributed by atoms with Crippen LogP contribution in [0.5, 0.6) is 11.5 Å². The Hall–Kier alpha value is -2.52. The van der Waals surface area contributed by atoms with Gasteiger partial charge >= 0.3 is 0 Å². The number of hydrogen-bond acceptors (Lipinski definition) is 5. The number of carbonyl (C=O) groups is 1. The van der Waals surface area contributed by atoms with Gasteiger partial charge in [-0.3, -0.25) is 4.79 Å². The Kier molecular flexibility index (Phi) is 8.37. The smallest absolute Gasteiger partial charge is 0.261 e. The van der Waals surface area contributed by atoms with E-state index < -0.39 is 5.91 Å². The lowest BCUT2D eigenvalue weighted by atomic mass is 10.1. The molecule has 24 heavy (non-hydrogen) atoms. The van der Waals surface area contributed by atoms with Crippen molar-refractivity contribution in [3.05, 3.63) is 29.3 Å². The zero-order valence-corrected chi connectivity index (χ0v) is 14.6. The van der Waals surface area contributed by atoms with Crippen LogP contribution < -0.4 is 14.8 Å². The summed E-state index contributed by atoms with van der Waals surface area (Å²) in [5, 5.41) is 12.0. The third kappa shape index (κ3) is 5.94. The maximum atomic E-state index is 12.1. The Morgan fingerprint density at radius 2 is 2.12 bits per heavy atom. The van der Waals surface area contributed by atoms with E-state index in [0.717, 1.165) is 0 Å². The van der Waals surface area contributed by atoms with Crippen molar-refractivity contribution in [1.82, 2.24) is 5.32 Å². The second kappa shape index (κ2) is 10.3. The summed E-state index contributed by atoms with van der Waals surface area (Å²) in [5.41, 5.74) is 0.626. The SMILES string of the molecule is COCCCNC(=O)/C(C#N)=C/c1cccc(OC)c1OC(C)C. The van der Waals surface area contributed by atoms with Crippen molar-refractivity contribution in [2.75, 3.05) is 27.4 Å². The molecule has 0 unspecified atom stereocenters. The molecule has 130 valence electrons. The zero-order chi connectivity index (χ0) is 17.9. The van der Waals surface area contributed by atoms with Gasteiger partial charge in [0.05, 0.1) is 13.2 Å². The van der Waals surface area contributed by atoms with Crippen molar-refractivity contribution in [3.8, 4) is 17.6 Å². The van der Waals surface area contributed by atoms with Crippen LogP contribution >= 0.6 is 0 Å². The molecule has 0 saturated carbocycles. The van der Waals surface area contributed by atoms with Gasteiger partial charge in [-0.1, -0.05) is 12.1 Å². The summed E-state index contributed by atoms with van der Waals surface area (Å²) >= 11 is 0. The summed E-state index contributed by atoms with van der Waals surface area (Å²) in [6.07, 6.45) is 2.12. The maximum absolute atomic E-state index is 12.1. The van der Waals surface area contributed by atoms with Crippen molar-refractivity contribution in [3.63, 3.8) is 0 Å². The molecule has 1 rings (SSSR count). The van der Waals surface area contributed by atoms with Gasteiger partial charge < -0.3 is 19.5 Å². The molecule has 0 bridgehead atoms. The van der Waals surface area contributed by atoms with Crippen molar-refractivity contribution in [2.24, 2.45) is 0 Å². The van der Waals surface area contributed by atoms with Gasteiger partial charge in [-0.25, -0.2) is 0 Å². The minimum atomic E-state index is -0.424. The fourth-order valence-corrected chi connectivity index (χ4v) is 1.99. The number of carbonyl (C=O) groups excluding carboxylic acids is 1. The number of nitriles is 1. The van der Waals surface area contributed by atoms with Crippen LogP contribution in [0, 0.1) is 11.3 Å². The quantitative estimate of drug-likeness (QED) is 0.427. The van der Waals surface area contributed by atoms with Gasteiger partial charge in [0.25, 0.3) is 5.91 Å². The standard InChI is InChI=1S/C18H24N2O4/c1-13(2)24-17-14(7-5-8-16(17)23-4)11-15(12-19)18(21)20-9-6-10-22-3/h5,7-8,11,13H,6,9-10H2,1-4H3,(H,20,21)/b15-11+. The number of rotatable bonds is 9. The zero-order valence-electron chi connectivity index (χ0n) is 14.6. The molecule has 0 fully saturated rings. The van der Waals surface area contributed by atoms with Gasteiger partial charge in [-0.05, 0) is 32.4 Å². The Morgan fingerprint density at radius 3 is 2.71 bits per heavy atom. The van der Waals surface area contributed by atoms with Crippen molar-refractivity contribution >= 4 is 12.0 Å². The molecule has 0 aliphatic carbocycles. The van der Waals surface area contributed by atoms with Gasteiger partial charge in [-0.15, -0.1) is 0 Å². The molecule has 0 saturated heterocycles. The van der Waals surface area contributed by atoms with Crippen LogP contribution in [0.15, 0.2) is 23.8 Å². The Bertz CT molecular complexity index is 618. The fraction of sp³-hybridized carbons (Fsp3) is 0.444.